The fourth-order valence-electron chi connectivity index (χ4n) is 1.74. The zero-order valence-electron chi connectivity index (χ0n) is 7.64. The third-order valence-electron chi connectivity index (χ3n) is 2.40. The van der Waals surface area contributed by atoms with Crippen LogP contribution in [0.1, 0.15) is 18.3 Å². The molecule has 14 heavy (non-hydrogen) atoms. The van der Waals surface area contributed by atoms with E-state index in [1.54, 1.807) is 11.5 Å². The van der Waals surface area contributed by atoms with Crippen LogP contribution in [-0.4, -0.2) is 34.7 Å². The predicted octanol–water partition coefficient (Wildman–Crippen LogP) is 0.600. The Labute approximate surface area is 87.0 Å². The van der Waals surface area contributed by atoms with Crippen molar-refractivity contribution in [3.8, 4) is 0 Å². The Morgan fingerprint density at radius 2 is 2.21 bits per heavy atom. The van der Waals surface area contributed by atoms with Gasteiger partial charge in [0, 0.05) is 0 Å². The summed E-state index contributed by atoms with van der Waals surface area (Å²) < 4.78 is 24.2. The Hall–Kier alpha value is -0.620. The van der Waals surface area contributed by atoms with E-state index in [2.05, 4.69) is 10.2 Å². The lowest BCUT2D eigenvalue weighted by atomic mass is 10.2. The average Bonchev–Trinajstić information content (AvgIpc) is 2.56. The summed E-state index contributed by atoms with van der Waals surface area (Å²) in [7, 11) is -2.89. The molecule has 1 saturated heterocycles. The summed E-state index contributed by atoms with van der Waals surface area (Å²) in [5.74, 6) is 1.04. The normalized spacial score (nSPS) is 25.4. The number of sulfone groups is 1. The van der Waals surface area contributed by atoms with E-state index in [0.29, 0.717) is 12.2 Å². The summed E-state index contributed by atoms with van der Waals surface area (Å²) in [6.45, 7) is 1.77. The Kier molecular flexibility index (Phi) is 2.27. The molecule has 0 radical (unpaired) electrons. The smallest absolute Gasteiger partial charge is 0.225 e. The molecule has 0 spiro atoms. The number of hydrogen-bond acceptors (Lipinski definition) is 4. The van der Waals surface area contributed by atoms with Crippen molar-refractivity contribution in [3.63, 3.8) is 0 Å². The molecule has 0 bridgehead atoms. The third-order valence-corrected chi connectivity index (χ3v) is 4.41. The maximum atomic E-state index is 11.3. The number of hydrogen-bond donors (Lipinski definition) is 0. The standard InChI is InChI=1S/C7H10ClN3O2S/c1-5-9-10-7(8)11(5)6-2-3-14(12,13)4-6/h6H,2-4H2,1H3. The van der Waals surface area contributed by atoms with E-state index >= 15 is 0 Å². The Bertz CT molecular complexity index is 434. The maximum absolute atomic E-state index is 11.3. The van der Waals surface area contributed by atoms with Crippen LogP contribution < -0.4 is 0 Å². The van der Waals surface area contributed by atoms with Gasteiger partial charge in [-0.1, -0.05) is 0 Å². The highest BCUT2D eigenvalue weighted by molar-refractivity contribution is 7.91. The molecule has 1 aromatic rings. The first-order valence-corrected chi connectivity index (χ1v) is 6.47. The molecule has 0 saturated carbocycles. The van der Waals surface area contributed by atoms with E-state index in [-0.39, 0.29) is 22.8 Å². The molecule has 5 nitrogen and oxygen atoms in total. The average molecular weight is 236 g/mol. The quantitative estimate of drug-likeness (QED) is 0.715. The van der Waals surface area contributed by atoms with Gasteiger partial charge >= 0.3 is 0 Å². The van der Waals surface area contributed by atoms with Crippen molar-refractivity contribution in [2.45, 2.75) is 19.4 Å². The van der Waals surface area contributed by atoms with Gasteiger partial charge in [-0.3, -0.25) is 4.57 Å². The van der Waals surface area contributed by atoms with E-state index < -0.39 is 9.84 Å². The van der Waals surface area contributed by atoms with Crippen LogP contribution in [0.3, 0.4) is 0 Å². The summed E-state index contributed by atoms with van der Waals surface area (Å²) in [6, 6.07) is -0.0949. The number of halogens is 1. The van der Waals surface area contributed by atoms with Crippen molar-refractivity contribution < 1.29 is 8.42 Å². The zero-order valence-corrected chi connectivity index (χ0v) is 9.22. The molecule has 1 aliphatic rings. The highest BCUT2D eigenvalue weighted by Crippen LogP contribution is 2.27. The highest BCUT2D eigenvalue weighted by atomic mass is 35.5. The van der Waals surface area contributed by atoms with E-state index in [4.69, 9.17) is 11.6 Å². The van der Waals surface area contributed by atoms with Crippen molar-refractivity contribution in [1.29, 1.82) is 0 Å². The first-order valence-electron chi connectivity index (χ1n) is 4.27. The van der Waals surface area contributed by atoms with Gasteiger partial charge in [-0.2, -0.15) is 0 Å². The van der Waals surface area contributed by atoms with Gasteiger partial charge in [0.15, 0.2) is 9.84 Å². The first-order chi connectivity index (χ1) is 6.49. The van der Waals surface area contributed by atoms with Crippen molar-refractivity contribution in [2.75, 3.05) is 11.5 Å². The summed E-state index contributed by atoms with van der Waals surface area (Å²) in [5.41, 5.74) is 0. The summed E-state index contributed by atoms with van der Waals surface area (Å²) >= 11 is 5.81. The second kappa shape index (κ2) is 3.20. The summed E-state index contributed by atoms with van der Waals surface area (Å²) in [6.07, 6.45) is 0.598. The van der Waals surface area contributed by atoms with Crippen LogP contribution in [0.5, 0.6) is 0 Å². The fraction of sp³-hybridized carbons (Fsp3) is 0.714. The van der Waals surface area contributed by atoms with Crippen molar-refractivity contribution in [1.82, 2.24) is 14.8 Å². The van der Waals surface area contributed by atoms with Crippen LogP contribution in [0.4, 0.5) is 0 Å². The lowest BCUT2D eigenvalue weighted by Gasteiger charge is -2.11. The van der Waals surface area contributed by atoms with Gasteiger partial charge in [-0.25, -0.2) is 8.42 Å². The fourth-order valence-corrected chi connectivity index (χ4v) is 3.74. The molecule has 1 aromatic heterocycles. The van der Waals surface area contributed by atoms with Gasteiger partial charge in [0.25, 0.3) is 0 Å². The van der Waals surface area contributed by atoms with Gasteiger partial charge in [0.05, 0.1) is 17.5 Å². The Morgan fingerprint density at radius 3 is 2.64 bits per heavy atom. The van der Waals surface area contributed by atoms with Crippen LogP contribution in [0.15, 0.2) is 0 Å². The second-order valence-electron chi connectivity index (χ2n) is 3.44. The maximum Gasteiger partial charge on any atom is 0.225 e. The van der Waals surface area contributed by atoms with Crippen LogP contribution in [0.25, 0.3) is 0 Å². The minimum atomic E-state index is -2.89. The molecule has 1 fully saturated rings. The lowest BCUT2D eigenvalue weighted by molar-refractivity contribution is 0.542. The van der Waals surface area contributed by atoms with Crippen LogP contribution in [0, 0.1) is 6.92 Å². The number of rotatable bonds is 1. The molecule has 0 aromatic carbocycles. The topological polar surface area (TPSA) is 64.8 Å². The first kappa shape index (κ1) is 9.92. The van der Waals surface area contributed by atoms with Crippen molar-refractivity contribution in [3.05, 3.63) is 11.1 Å². The number of nitrogens with zero attached hydrogens (tertiary/aromatic N) is 3. The van der Waals surface area contributed by atoms with Crippen molar-refractivity contribution in [2.24, 2.45) is 0 Å². The van der Waals surface area contributed by atoms with E-state index in [1.807, 2.05) is 0 Å². The molecule has 78 valence electrons. The minimum Gasteiger partial charge on any atom is -0.298 e. The third kappa shape index (κ3) is 1.64. The molecule has 0 N–H and O–H groups in total. The predicted molar refractivity (Wildman–Crippen MR) is 52.1 cm³/mol. The van der Waals surface area contributed by atoms with Gasteiger partial charge in [0.1, 0.15) is 5.82 Å². The SMILES string of the molecule is Cc1nnc(Cl)n1C1CCS(=O)(=O)C1. The highest BCUT2D eigenvalue weighted by Gasteiger charge is 2.31. The molecular weight excluding hydrogens is 226 g/mol. The molecule has 7 heteroatoms. The van der Waals surface area contributed by atoms with Gasteiger partial charge in [-0.15, -0.1) is 10.2 Å². The van der Waals surface area contributed by atoms with Gasteiger partial charge in [-0.05, 0) is 24.9 Å². The van der Waals surface area contributed by atoms with E-state index in [0.717, 1.165) is 0 Å². The monoisotopic (exact) mass is 235 g/mol. The van der Waals surface area contributed by atoms with E-state index in [9.17, 15) is 8.42 Å². The summed E-state index contributed by atoms with van der Waals surface area (Å²) in [5, 5.41) is 7.75. The van der Waals surface area contributed by atoms with E-state index in [1.165, 1.54) is 0 Å². The summed E-state index contributed by atoms with van der Waals surface area (Å²) in [4.78, 5) is 0. The molecule has 2 heterocycles. The lowest BCUT2D eigenvalue weighted by Crippen LogP contribution is -2.12. The molecular formula is C7H10ClN3O2S. The number of aryl methyl sites for hydroxylation is 1. The Morgan fingerprint density at radius 1 is 1.50 bits per heavy atom. The Balaban J connectivity index is 2.34. The van der Waals surface area contributed by atoms with Crippen LogP contribution in [0.2, 0.25) is 5.28 Å². The van der Waals surface area contributed by atoms with Gasteiger partial charge < -0.3 is 0 Å². The van der Waals surface area contributed by atoms with Crippen molar-refractivity contribution >= 4 is 21.4 Å². The van der Waals surface area contributed by atoms with Crippen LogP contribution in [-0.2, 0) is 9.84 Å². The zero-order chi connectivity index (χ0) is 10.3. The molecule has 1 atom stereocenters. The molecule has 0 amide bonds. The molecule has 1 unspecified atom stereocenters. The molecule has 2 rings (SSSR count). The van der Waals surface area contributed by atoms with Gasteiger partial charge in [0.2, 0.25) is 5.28 Å². The second-order valence-corrected chi connectivity index (χ2v) is 6.01. The molecule has 0 aliphatic carbocycles. The number of aromatic nitrogens is 3. The molecule has 1 aliphatic heterocycles. The minimum absolute atomic E-state index is 0.0949. The largest absolute Gasteiger partial charge is 0.298 e. The van der Waals surface area contributed by atoms with Crippen LogP contribution >= 0.6 is 11.6 Å².